The van der Waals surface area contributed by atoms with Crippen molar-refractivity contribution in [1.82, 2.24) is 4.90 Å². The lowest BCUT2D eigenvalue weighted by molar-refractivity contribution is -0.130. The van der Waals surface area contributed by atoms with Gasteiger partial charge in [-0.05, 0) is 55.0 Å². The predicted molar refractivity (Wildman–Crippen MR) is 120 cm³/mol. The van der Waals surface area contributed by atoms with Crippen molar-refractivity contribution in [3.05, 3.63) is 53.6 Å². The van der Waals surface area contributed by atoms with Gasteiger partial charge in [-0.15, -0.1) is 11.8 Å². The van der Waals surface area contributed by atoms with Gasteiger partial charge in [0.1, 0.15) is 5.75 Å². The molecule has 0 aromatic heterocycles. The monoisotopic (exact) mass is 444 g/mol. The number of benzene rings is 2. The van der Waals surface area contributed by atoms with Gasteiger partial charge in [-0.3, -0.25) is 9.59 Å². The Morgan fingerprint density at radius 1 is 1.20 bits per heavy atom. The summed E-state index contributed by atoms with van der Waals surface area (Å²) in [6.45, 7) is 1.46. The van der Waals surface area contributed by atoms with Crippen LogP contribution >= 0.6 is 23.4 Å². The lowest BCUT2D eigenvalue weighted by Gasteiger charge is -2.32. The van der Waals surface area contributed by atoms with Gasteiger partial charge in [-0.2, -0.15) is 0 Å². The van der Waals surface area contributed by atoms with Crippen molar-refractivity contribution in [3.63, 3.8) is 0 Å². The quantitative estimate of drug-likeness (QED) is 0.655. The third-order valence-corrected chi connectivity index (χ3v) is 7.44. The summed E-state index contributed by atoms with van der Waals surface area (Å²) in [6, 6.07) is 15.2. The van der Waals surface area contributed by atoms with Crippen LogP contribution < -0.4 is 10.1 Å². The third kappa shape index (κ3) is 4.60. The molecule has 7 heteroatoms. The summed E-state index contributed by atoms with van der Waals surface area (Å²) in [5, 5.41) is 3.45. The standard InChI is InChI=1S/C23H25ClN2O3S/c1-29-20-8-7-16(13-19(20)24)25-22(28)18-14-23(18)9-11-26(12-10-23)21(27)15-30-17-5-3-2-4-6-17/h2-8,13,18H,9-12,14-15H2,1H3,(H,25,28)/t18-/m0/s1. The number of carbonyl (C=O) groups excluding carboxylic acids is 2. The van der Waals surface area contributed by atoms with E-state index in [2.05, 4.69) is 5.32 Å². The van der Waals surface area contributed by atoms with Crippen molar-refractivity contribution in [2.45, 2.75) is 24.2 Å². The molecule has 1 aliphatic heterocycles. The highest BCUT2D eigenvalue weighted by Gasteiger charge is 2.58. The normalized spacial score (nSPS) is 19.4. The Morgan fingerprint density at radius 3 is 2.60 bits per heavy atom. The average molecular weight is 445 g/mol. The van der Waals surface area contributed by atoms with Crippen LogP contribution in [0.5, 0.6) is 5.75 Å². The number of nitrogens with one attached hydrogen (secondary N) is 1. The molecule has 1 saturated heterocycles. The number of likely N-dealkylation sites (tertiary alicyclic amines) is 1. The van der Waals surface area contributed by atoms with Gasteiger partial charge in [-0.1, -0.05) is 29.8 Å². The molecule has 2 aliphatic rings. The number of thioether (sulfide) groups is 1. The van der Waals surface area contributed by atoms with Crippen LogP contribution in [0.4, 0.5) is 5.69 Å². The fourth-order valence-corrected chi connectivity index (χ4v) is 5.28. The molecule has 1 heterocycles. The molecular weight excluding hydrogens is 420 g/mol. The minimum atomic E-state index is 0.00863. The first kappa shape index (κ1) is 21.1. The number of hydrogen-bond donors (Lipinski definition) is 1. The number of carbonyl (C=O) groups is 2. The largest absolute Gasteiger partial charge is 0.495 e. The number of halogens is 1. The Bertz CT molecular complexity index is 929. The van der Waals surface area contributed by atoms with Gasteiger partial charge in [0.05, 0.1) is 17.9 Å². The average Bonchev–Trinajstić information content (AvgIpc) is 3.47. The van der Waals surface area contributed by atoms with Crippen molar-refractivity contribution in [2.75, 3.05) is 31.3 Å². The Balaban J connectivity index is 1.25. The van der Waals surface area contributed by atoms with E-state index < -0.39 is 0 Å². The molecule has 0 bridgehead atoms. The van der Waals surface area contributed by atoms with Gasteiger partial charge >= 0.3 is 0 Å². The molecule has 0 unspecified atom stereocenters. The third-order valence-electron chi connectivity index (χ3n) is 6.14. The fourth-order valence-electron chi connectivity index (χ4n) is 4.20. The Labute approximate surface area is 186 Å². The van der Waals surface area contributed by atoms with Crippen LogP contribution in [0.3, 0.4) is 0 Å². The Hall–Kier alpha value is -2.18. The van der Waals surface area contributed by atoms with E-state index in [4.69, 9.17) is 16.3 Å². The molecule has 1 N–H and O–H groups in total. The second-order valence-corrected chi connectivity index (χ2v) is 9.40. The van der Waals surface area contributed by atoms with E-state index in [1.807, 2.05) is 35.2 Å². The van der Waals surface area contributed by atoms with E-state index >= 15 is 0 Å². The van der Waals surface area contributed by atoms with E-state index in [-0.39, 0.29) is 23.1 Å². The van der Waals surface area contributed by atoms with Crippen molar-refractivity contribution < 1.29 is 14.3 Å². The molecule has 1 atom stereocenters. The van der Waals surface area contributed by atoms with Crippen molar-refractivity contribution in [2.24, 2.45) is 11.3 Å². The smallest absolute Gasteiger partial charge is 0.232 e. The first-order valence-electron chi connectivity index (χ1n) is 10.1. The second-order valence-electron chi connectivity index (χ2n) is 7.94. The summed E-state index contributed by atoms with van der Waals surface area (Å²) in [4.78, 5) is 28.3. The topological polar surface area (TPSA) is 58.6 Å². The maximum absolute atomic E-state index is 12.7. The SMILES string of the molecule is COc1ccc(NC(=O)[C@@H]2CC23CCN(C(=O)CSc2ccccc2)CC3)cc1Cl. The molecule has 2 amide bonds. The summed E-state index contributed by atoms with van der Waals surface area (Å²) in [5.74, 6) is 1.26. The minimum Gasteiger partial charge on any atom is -0.495 e. The number of amides is 2. The summed E-state index contributed by atoms with van der Waals surface area (Å²) in [5.41, 5.74) is 0.724. The fraction of sp³-hybridized carbons (Fsp3) is 0.391. The molecule has 1 saturated carbocycles. The van der Waals surface area contributed by atoms with E-state index in [9.17, 15) is 9.59 Å². The Kier molecular flexibility index (Phi) is 6.25. The first-order chi connectivity index (χ1) is 14.5. The Morgan fingerprint density at radius 2 is 1.93 bits per heavy atom. The van der Waals surface area contributed by atoms with E-state index in [1.54, 1.807) is 37.1 Å². The van der Waals surface area contributed by atoms with Gasteiger partial charge in [0, 0.05) is 29.6 Å². The highest BCUT2D eigenvalue weighted by Crippen LogP contribution is 2.59. The maximum atomic E-state index is 12.7. The molecule has 2 aromatic rings. The van der Waals surface area contributed by atoms with Gasteiger partial charge in [0.15, 0.2) is 0 Å². The summed E-state index contributed by atoms with van der Waals surface area (Å²) >= 11 is 7.72. The van der Waals surface area contributed by atoms with Crippen LogP contribution in [-0.4, -0.2) is 42.7 Å². The van der Waals surface area contributed by atoms with Crippen LogP contribution in [0.1, 0.15) is 19.3 Å². The summed E-state index contributed by atoms with van der Waals surface area (Å²) in [6.07, 6.45) is 2.66. The molecule has 5 nitrogen and oxygen atoms in total. The molecule has 158 valence electrons. The lowest BCUT2D eigenvalue weighted by Crippen LogP contribution is -2.41. The van der Waals surface area contributed by atoms with Crippen LogP contribution in [0.25, 0.3) is 0 Å². The second kappa shape index (κ2) is 8.90. The molecule has 1 aliphatic carbocycles. The molecule has 1 spiro atoms. The highest BCUT2D eigenvalue weighted by atomic mass is 35.5. The molecule has 2 aromatic carbocycles. The zero-order valence-corrected chi connectivity index (χ0v) is 18.5. The number of nitrogens with zero attached hydrogens (tertiary/aromatic N) is 1. The zero-order valence-electron chi connectivity index (χ0n) is 16.9. The van der Waals surface area contributed by atoms with Gasteiger partial charge in [-0.25, -0.2) is 0 Å². The number of rotatable bonds is 6. The highest BCUT2D eigenvalue weighted by molar-refractivity contribution is 8.00. The summed E-state index contributed by atoms with van der Waals surface area (Å²) < 4.78 is 5.15. The lowest BCUT2D eigenvalue weighted by atomic mass is 9.90. The van der Waals surface area contributed by atoms with Crippen LogP contribution in [-0.2, 0) is 9.59 Å². The van der Waals surface area contributed by atoms with E-state index in [1.165, 1.54) is 0 Å². The van der Waals surface area contributed by atoms with Crippen LogP contribution in [0, 0.1) is 11.3 Å². The maximum Gasteiger partial charge on any atom is 0.232 e. The molecular formula is C23H25ClN2O3S. The number of hydrogen-bond acceptors (Lipinski definition) is 4. The number of anilines is 1. The van der Waals surface area contributed by atoms with Gasteiger partial charge in [0.25, 0.3) is 0 Å². The predicted octanol–water partition coefficient (Wildman–Crippen LogP) is 4.71. The van der Waals surface area contributed by atoms with Crippen LogP contribution in [0.15, 0.2) is 53.4 Å². The van der Waals surface area contributed by atoms with Crippen molar-refractivity contribution >= 4 is 40.9 Å². The number of methoxy groups -OCH3 is 1. The number of piperidine rings is 1. The molecule has 4 rings (SSSR count). The number of ether oxygens (including phenoxy) is 1. The molecule has 0 radical (unpaired) electrons. The van der Waals surface area contributed by atoms with Crippen LogP contribution in [0.2, 0.25) is 5.02 Å². The molecule has 30 heavy (non-hydrogen) atoms. The van der Waals surface area contributed by atoms with Crippen molar-refractivity contribution in [1.29, 1.82) is 0 Å². The van der Waals surface area contributed by atoms with E-state index in [0.717, 1.165) is 37.2 Å². The van der Waals surface area contributed by atoms with Crippen molar-refractivity contribution in [3.8, 4) is 5.75 Å². The first-order valence-corrected chi connectivity index (χ1v) is 11.5. The zero-order chi connectivity index (χ0) is 21.1. The molecule has 2 fully saturated rings. The minimum absolute atomic E-state index is 0.00863. The van der Waals surface area contributed by atoms with Gasteiger partial charge < -0.3 is 15.0 Å². The van der Waals surface area contributed by atoms with E-state index in [0.29, 0.717) is 22.2 Å². The van der Waals surface area contributed by atoms with Gasteiger partial charge in [0.2, 0.25) is 11.8 Å². The summed E-state index contributed by atoms with van der Waals surface area (Å²) in [7, 11) is 1.56.